The van der Waals surface area contributed by atoms with Gasteiger partial charge in [-0.3, -0.25) is 9.58 Å². The minimum Gasteiger partial charge on any atom is -0.326 e. The Bertz CT molecular complexity index is 368. The van der Waals surface area contributed by atoms with E-state index in [9.17, 15) is 0 Å². The zero-order valence-corrected chi connectivity index (χ0v) is 13.1. The third-order valence-corrected chi connectivity index (χ3v) is 4.02. The fourth-order valence-electron chi connectivity index (χ4n) is 2.56. The number of hydrogen-bond donors (Lipinski definition) is 1. The van der Waals surface area contributed by atoms with Crippen LogP contribution in [-0.2, 0) is 13.0 Å². The highest BCUT2D eigenvalue weighted by Crippen LogP contribution is 2.19. The Morgan fingerprint density at radius 3 is 2.47 bits per heavy atom. The Kier molecular flexibility index (Phi) is 5.94. The summed E-state index contributed by atoms with van der Waals surface area (Å²) < 4.78 is 1.97. The highest BCUT2D eigenvalue weighted by atomic mass is 15.3. The molecule has 0 aromatic carbocycles. The predicted octanol–water partition coefficient (Wildman–Crippen LogP) is 1.68. The first-order chi connectivity index (χ1) is 8.97. The van der Waals surface area contributed by atoms with Gasteiger partial charge in [-0.05, 0) is 33.4 Å². The van der Waals surface area contributed by atoms with Gasteiger partial charge in [0.2, 0.25) is 0 Å². The van der Waals surface area contributed by atoms with E-state index in [-0.39, 0.29) is 11.6 Å². The lowest BCUT2D eigenvalue weighted by Gasteiger charge is -2.41. The summed E-state index contributed by atoms with van der Waals surface area (Å²) in [5.41, 5.74) is 6.40. The van der Waals surface area contributed by atoms with Crippen molar-refractivity contribution in [3.8, 4) is 0 Å². The average Bonchev–Trinajstić information content (AvgIpc) is 2.78. The van der Waals surface area contributed by atoms with Crippen molar-refractivity contribution < 1.29 is 0 Å². The minimum atomic E-state index is -0.0352. The zero-order chi connectivity index (χ0) is 14.5. The SMILES string of the molecule is CCCn1ncnc1CC(N)C(C)(C)N(CC)CC. The summed E-state index contributed by atoms with van der Waals surface area (Å²) in [6.07, 6.45) is 3.46. The van der Waals surface area contributed by atoms with Gasteiger partial charge in [-0.25, -0.2) is 4.98 Å². The molecule has 0 amide bonds. The standard InChI is InChI=1S/C14H29N5/c1-6-9-19-13(16-11-17-19)10-12(15)14(4,5)18(7-2)8-3/h11-12H,6-10,15H2,1-5H3. The molecule has 1 heterocycles. The Morgan fingerprint density at radius 2 is 1.95 bits per heavy atom. The van der Waals surface area contributed by atoms with Crippen LogP contribution in [0.5, 0.6) is 0 Å². The second kappa shape index (κ2) is 7.01. The van der Waals surface area contributed by atoms with Gasteiger partial charge in [0.1, 0.15) is 12.2 Å². The van der Waals surface area contributed by atoms with Crippen molar-refractivity contribution in [2.45, 2.75) is 65.6 Å². The van der Waals surface area contributed by atoms with E-state index >= 15 is 0 Å². The van der Waals surface area contributed by atoms with Crippen LogP contribution in [0.1, 0.15) is 46.9 Å². The largest absolute Gasteiger partial charge is 0.326 e. The molecule has 0 aliphatic rings. The predicted molar refractivity (Wildman–Crippen MR) is 79.0 cm³/mol. The lowest BCUT2D eigenvalue weighted by molar-refractivity contribution is 0.105. The van der Waals surface area contributed by atoms with Crippen molar-refractivity contribution in [2.75, 3.05) is 13.1 Å². The van der Waals surface area contributed by atoms with Crippen LogP contribution in [0.25, 0.3) is 0 Å². The number of likely N-dealkylation sites (N-methyl/N-ethyl adjacent to an activating group) is 1. The quantitative estimate of drug-likeness (QED) is 0.778. The molecular formula is C14H29N5. The van der Waals surface area contributed by atoms with Gasteiger partial charge >= 0.3 is 0 Å². The van der Waals surface area contributed by atoms with Crippen LogP contribution in [0.4, 0.5) is 0 Å². The second-order valence-electron chi connectivity index (χ2n) is 5.54. The van der Waals surface area contributed by atoms with Crippen molar-refractivity contribution in [3.05, 3.63) is 12.2 Å². The summed E-state index contributed by atoms with van der Waals surface area (Å²) in [5.74, 6) is 0.995. The molecule has 1 rings (SSSR count). The van der Waals surface area contributed by atoms with Crippen molar-refractivity contribution >= 4 is 0 Å². The monoisotopic (exact) mass is 267 g/mol. The van der Waals surface area contributed by atoms with Gasteiger partial charge in [-0.1, -0.05) is 20.8 Å². The smallest absolute Gasteiger partial charge is 0.138 e. The minimum absolute atomic E-state index is 0.0352. The molecule has 0 saturated heterocycles. The maximum atomic E-state index is 6.44. The first-order valence-corrected chi connectivity index (χ1v) is 7.34. The number of rotatable bonds is 8. The van der Waals surface area contributed by atoms with Crippen molar-refractivity contribution in [1.82, 2.24) is 19.7 Å². The highest BCUT2D eigenvalue weighted by molar-refractivity contribution is 4.98. The molecular weight excluding hydrogens is 238 g/mol. The van der Waals surface area contributed by atoms with E-state index in [1.807, 2.05) is 4.68 Å². The van der Waals surface area contributed by atoms with E-state index in [1.54, 1.807) is 6.33 Å². The summed E-state index contributed by atoms with van der Waals surface area (Å²) >= 11 is 0. The highest BCUT2D eigenvalue weighted by Gasteiger charge is 2.32. The summed E-state index contributed by atoms with van der Waals surface area (Å²) in [4.78, 5) is 6.75. The van der Waals surface area contributed by atoms with Crippen molar-refractivity contribution in [2.24, 2.45) is 5.73 Å². The Hall–Kier alpha value is -0.940. The van der Waals surface area contributed by atoms with E-state index in [0.29, 0.717) is 0 Å². The zero-order valence-electron chi connectivity index (χ0n) is 13.1. The number of aryl methyl sites for hydroxylation is 1. The fraction of sp³-hybridized carbons (Fsp3) is 0.857. The molecule has 1 aromatic rings. The first-order valence-electron chi connectivity index (χ1n) is 7.34. The third kappa shape index (κ3) is 3.76. The summed E-state index contributed by atoms with van der Waals surface area (Å²) in [5, 5.41) is 4.26. The molecule has 110 valence electrons. The molecule has 0 spiro atoms. The normalized spacial score (nSPS) is 14.1. The maximum Gasteiger partial charge on any atom is 0.138 e. The van der Waals surface area contributed by atoms with Gasteiger partial charge in [0.05, 0.1) is 0 Å². The molecule has 1 atom stereocenters. The number of nitrogens with two attached hydrogens (primary N) is 1. The molecule has 0 saturated carbocycles. The summed E-state index contributed by atoms with van der Waals surface area (Å²) in [7, 11) is 0. The maximum absolute atomic E-state index is 6.44. The Morgan fingerprint density at radius 1 is 1.32 bits per heavy atom. The number of hydrogen-bond acceptors (Lipinski definition) is 4. The van der Waals surface area contributed by atoms with E-state index in [0.717, 1.165) is 38.3 Å². The lowest BCUT2D eigenvalue weighted by Crippen LogP contribution is -2.57. The van der Waals surface area contributed by atoms with Gasteiger partial charge in [-0.2, -0.15) is 5.10 Å². The third-order valence-electron chi connectivity index (χ3n) is 4.02. The van der Waals surface area contributed by atoms with Gasteiger partial charge in [0, 0.05) is 24.5 Å². The molecule has 1 unspecified atom stereocenters. The molecule has 5 nitrogen and oxygen atoms in total. The molecule has 2 N–H and O–H groups in total. The van der Waals surface area contributed by atoms with E-state index in [2.05, 4.69) is 49.6 Å². The van der Waals surface area contributed by atoms with E-state index in [1.165, 1.54) is 0 Å². The van der Waals surface area contributed by atoms with Crippen LogP contribution in [0.3, 0.4) is 0 Å². The molecule has 0 aliphatic heterocycles. The first kappa shape index (κ1) is 16.1. The van der Waals surface area contributed by atoms with Gasteiger partial charge in [-0.15, -0.1) is 0 Å². The van der Waals surface area contributed by atoms with Crippen LogP contribution in [0.2, 0.25) is 0 Å². The molecule has 0 fully saturated rings. The molecule has 1 aromatic heterocycles. The Labute approximate surface area is 117 Å². The number of aromatic nitrogens is 3. The van der Waals surface area contributed by atoms with Gasteiger partial charge in [0.15, 0.2) is 0 Å². The summed E-state index contributed by atoms with van der Waals surface area (Å²) in [6, 6.07) is 0.0483. The number of nitrogens with zero attached hydrogens (tertiary/aromatic N) is 4. The molecule has 5 heteroatoms. The van der Waals surface area contributed by atoms with Crippen LogP contribution in [-0.4, -0.2) is 44.3 Å². The fourth-order valence-corrected chi connectivity index (χ4v) is 2.56. The van der Waals surface area contributed by atoms with E-state index in [4.69, 9.17) is 5.73 Å². The van der Waals surface area contributed by atoms with Gasteiger partial charge < -0.3 is 5.73 Å². The lowest BCUT2D eigenvalue weighted by atomic mass is 9.90. The van der Waals surface area contributed by atoms with Crippen molar-refractivity contribution in [3.63, 3.8) is 0 Å². The average molecular weight is 267 g/mol. The second-order valence-corrected chi connectivity index (χ2v) is 5.54. The van der Waals surface area contributed by atoms with E-state index < -0.39 is 0 Å². The summed E-state index contributed by atoms with van der Waals surface area (Å²) in [6.45, 7) is 13.9. The Balaban J connectivity index is 2.77. The van der Waals surface area contributed by atoms with Crippen LogP contribution >= 0.6 is 0 Å². The van der Waals surface area contributed by atoms with Crippen LogP contribution in [0, 0.1) is 0 Å². The van der Waals surface area contributed by atoms with Crippen molar-refractivity contribution in [1.29, 1.82) is 0 Å². The molecule has 0 aliphatic carbocycles. The topological polar surface area (TPSA) is 60.0 Å². The van der Waals surface area contributed by atoms with Gasteiger partial charge in [0.25, 0.3) is 0 Å². The molecule has 19 heavy (non-hydrogen) atoms. The van der Waals surface area contributed by atoms with Crippen LogP contribution in [0.15, 0.2) is 6.33 Å². The molecule has 0 bridgehead atoms. The molecule has 0 radical (unpaired) electrons. The van der Waals surface area contributed by atoms with Crippen LogP contribution < -0.4 is 5.73 Å².